The van der Waals surface area contributed by atoms with Gasteiger partial charge in [0.2, 0.25) is 0 Å². The van der Waals surface area contributed by atoms with Gasteiger partial charge in [-0.1, -0.05) is 29.4 Å². The lowest BCUT2D eigenvalue weighted by atomic mass is 10.1. The Hall–Kier alpha value is -3.54. The van der Waals surface area contributed by atoms with Crippen molar-refractivity contribution in [3.05, 3.63) is 65.3 Å². The highest BCUT2D eigenvalue weighted by Crippen LogP contribution is 2.41. The number of anilines is 3. The summed E-state index contributed by atoms with van der Waals surface area (Å²) in [6.45, 7) is 4.39. The maximum atomic E-state index is 13.3. The van der Waals surface area contributed by atoms with Crippen molar-refractivity contribution in [1.29, 1.82) is 0 Å². The number of hydrogen-bond acceptors (Lipinski definition) is 5. The number of carbonyl (C=O) groups excluding carboxylic acids is 2. The van der Waals surface area contributed by atoms with Gasteiger partial charge in [-0.2, -0.15) is 0 Å². The molecule has 6 heteroatoms. The van der Waals surface area contributed by atoms with Crippen LogP contribution < -0.4 is 10.2 Å². The summed E-state index contributed by atoms with van der Waals surface area (Å²) in [7, 11) is 0. The van der Waals surface area contributed by atoms with Gasteiger partial charge in [0.15, 0.2) is 0 Å². The second-order valence-electron chi connectivity index (χ2n) is 7.79. The molecule has 0 radical (unpaired) electrons. The number of para-hydroxylation sites is 1. The predicted molar refractivity (Wildman–Crippen MR) is 123 cm³/mol. The van der Waals surface area contributed by atoms with Crippen LogP contribution in [0.2, 0.25) is 0 Å². The lowest BCUT2D eigenvalue weighted by Crippen LogP contribution is -2.30. The minimum Gasteiger partial charge on any atom is -0.508 e. The fourth-order valence-electron chi connectivity index (χ4n) is 3.55. The van der Waals surface area contributed by atoms with Gasteiger partial charge < -0.3 is 25.2 Å². The molecule has 0 aliphatic carbocycles. The number of hydrogen-bond donors (Lipinski definition) is 3. The first kappa shape index (κ1) is 22.2. The summed E-state index contributed by atoms with van der Waals surface area (Å²) in [5, 5.41) is 23.4. The lowest BCUT2D eigenvalue weighted by molar-refractivity contribution is -0.107. The first-order valence-corrected chi connectivity index (χ1v) is 10.4. The molecule has 6 nitrogen and oxygen atoms in total. The van der Waals surface area contributed by atoms with Gasteiger partial charge in [-0.05, 0) is 57.4 Å². The van der Waals surface area contributed by atoms with Crippen LogP contribution in [0.1, 0.15) is 49.9 Å². The van der Waals surface area contributed by atoms with Crippen LogP contribution in [0.25, 0.3) is 0 Å². The van der Waals surface area contributed by atoms with E-state index in [9.17, 15) is 19.8 Å². The molecule has 0 aromatic heterocycles. The van der Waals surface area contributed by atoms with Gasteiger partial charge in [0.05, 0.1) is 22.6 Å². The van der Waals surface area contributed by atoms with Crippen LogP contribution in [0.15, 0.2) is 59.7 Å². The highest BCUT2D eigenvalue weighted by molar-refractivity contribution is 6.14. The maximum absolute atomic E-state index is 13.3. The van der Waals surface area contributed by atoms with Gasteiger partial charge in [0.1, 0.15) is 17.8 Å². The molecule has 0 saturated heterocycles. The number of nitrogens with zero attached hydrogens (tertiary/aromatic N) is 1. The molecule has 0 unspecified atom stereocenters. The third kappa shape index (κ3) is 5.34. The Kier molecular flexibility index (Phi) is 7.13. The standard InChI is InChI=1S/C25H28N2O4/c1-17(8-5-15-28)6-3-7-18(2)13-14-27-22-16-19(29)11-12-21(22)26-24-20(25(27)31)9-4-10-23(24)30/h4,6,9-13,15-16,26,29-30H,3,5,7-8,14H2,1-2H3/b17-6+,18-13+. The van der Waals surface area contributed by atoms with Crippen molar-refractivity contribution < 1.29 is 19.8 Å². The number of phenols is 2. The molecule has 1 amide bonds. The van der Waals surface area contributed by atoms with E-state index in [1.165, 1.54) is 11.6 Å². The smallest absolute Gasteiger partial charge is 0.260 e. The van der Waals surface area contributed by atoms with Crippen LogP contribution in [0.5, 0.6) is 11.5 Å². The van der Waals surface area contributed by atoms with Crippen LogP contribution in [0, 0.1) is 0 Å². The van der Waals surface area contributed by atoms with Crippen molar-refractivity contribution in [1.82, 2.24) is 0 Å². The summed E-state index contributed by atoms with van der Waals surface area (Å²) < 4.78 is 0. The van der Waals surface area contributed by atoms with Crippen molar-refractivity contribution in [2.75, 3.05) is 16.8 Å². The Morgan fingerprint density at radius 1 is 1.03 bits per heavy atom. The summed E-state index contributed by atoms with van der Waals surface area (Å²) in [6.07, 6.45) is 8.14. The fraction of sp³-hybridized carbons (Fsp3) is 0.280. The molecular weight excluding hydrogens is 392 g/mol. The number of fused-ring (bicyclic) bond motifs is 2. The number of carbonyl (C=O) groups is 2. The number of phenolic OH excluding ortho intramolecular Hbond substituents is 2. The van der Waals surface area contributed by atoms with Crippen LogP contribution >= 0.6 is 0 Å². The normalized spacial score (nSPS) is 13.9. The van der Waals surface area contributed by atoms with E-state index in [0.717, 1.165) is 31.1 Å². The Morgan fingerprint density at radius 2 is 1.77 bits per heavy atom. The van der Waals surface area contributed by atoms with E-state index in [0.29, 0.717) is 35.6 Å². The zero-order valence-corrected chi connectivity index (χ0v) is 17.9. The molecule has 0 saturated carbocycles. The van der Waals surface area contributed by atoms with Crippen molar-refractivity contribution >= 4 is 29.3 Å². The molecule has 1 aliphatic rings. The van der Waals surface area contributed by atoms with Gasteiger partial charge in [0, 0.05) is 19.0 Å². The minimum absolute atomic E-state index is 0.00446. The molecule has 0 atom stereocenters. The maximum Gasteiger partial charge on any atom is 0.260 e. The van der Waals surface area contributed by atoms with Crippen LogP contribution in [-0.4, -0.2) is 29.0 Å². The molecular formula is C25H28N2O4. The lowest BCUT2D eigenvalue weighted by Gasteiger charge is -2.22. The van der Waals surface area contributed by atoms with Gasteiger partial charge in [0.25, 0.3) is 5.91 Å². The summed E-state index contributed by atoms with van der Waals surface area (Å²) in [4.78, 5) is 25.4. The molecule has 3 N–H and O–H groups in total. The van der Waals surface area contributed by atoms with Gasteiger partial charge in [-0.15, -0.1) is 0 Å². The number of rotatable bonds is 8. The monoisotopic (exact) mass is 420 g/mol. The van der Waals surface area contributed by atoms with Gasteiger partial charge in [-0.25, -0.2) is 0 Å². The summed E-state index contributed by atoms with van der Waals surface area (Å²) in [6, 6.07) is 9.62. The topological polar surface area (TPSA) is 89.9 Å². The minimum atomic E-state index is -0.253. The molecule has 0 fully saturated rings. The van der Waals surface area contributed by atoms with E-state index in [1.807, 2.05) is 19.9 Å². The number of aldehydes is 1. The third-order valence-corrected chi connectivity index (χ3v) is 5.36. The third-order valence-electron chi connectivity index (χ3n) is 5.36. The average Bonchev–Trinajstić information content (AvgIpc) is 2.86. The Balaban J connectivity index is 1.82. The Morgan fingerprint density at radius 3 is 2.55 bits per heavy atom. The summed E-state index contributed by atoms with van der Waals surface area (Å²) in [5.74, 6) is -0.197. The Labute approximate surface area is 182 Å². The summed E-state index contributed by atoms with van der Waals surface area (Å²) >= 11 is 0. The molecule has 3 rings (SSSR count). The number of benzene rings is 2. The molecule has 2 aromatic carbocycles. The second-order valence-corrected chi connectivity index (χ2v) is 7.79. The average molecular weight is 421 g/mol. The molecule has 162 valence electrons. The first-order valence-electron chi connectivity index (χ1n) is 10.4. The number of allylic oxidation sites excluding steroid dienone is 3. The predicted octanol–water partition coefficient (Wildman–Crippen LogP) is 5.45. The first-order chi connectivity index (χ1) is 14.9. The van der Waals surface area contributed by atoms with E-state index in [4.69, 9.17) is 0 Å². The second kappa shape index (κ2) is 9.98. The SMILES string of the molecule is C/C(=C\CC/C(C)=C/CN1C(=O)c2cccc(O)c2Nc2ccc(O)cc21)CCC=O. The summed E-state index contributed by atoms with van der Waals surface area (Å²) in [5.41, 5.74) is 4.26. The van der Waals surface area contributed by atoms with E-state index in [2.05, 4.69) is 11.4 Å². The zero-order valence-electron chi connectivity index (χ0n) is 17.9. The van der Waals surface area contributed by atoms with Crippen LogP contribution in [0.3, 0.4) is 0 Å². The van der Waals surface area contributed by atoms with Gasteiger partial charge >= 0.3 is 0 Å². The van der Waals surface area contributed by atoms with Crippen molar-refractivity contribution in [3.63, 3.8) is 0 Å². The van der Waals surface area contributed by atoms with E-state index in [1.54, 1.807) is 35.2 Å². The highest BCUT2D eigenvalue weighted by Gasteiger charge is 2.28. The molecule has 2 aromatic rings. The number of aromatic hydroxyl groups is 2. The van der Waals surface area contributed by atoms with E-state index < -0.39 is 0 Å². The number of nitrogens with one attached hydrogen (secondary N) is 1. The molecule has 1 aliphatic heterocycles. The van der Waals surface area contributed by atoms with E-state index >= 15 is 0 Å². The largest absolute Gasteiger partial charge is 0.508 e. The molecule has 1 heterocycles. The molecule has 0 spiro atoms. The molecule has 0 bridgehead atoms. The molecule has 31 heavy (non-hydrogen) atoms. The van der Waals surface area contributed by atoms with Gasteiger partial charge in [-0.3, -0.25) is 4.79 Å². The van der Waals surface area contributed by atoms with Crippen molar-refractivity contribution in [3.8, 4) is 11.5 Å². The zero-order chi connectivity index (χ0) is 22.4. The fourth-order valence-corrected chi connectivity index (χ4v) is 3.55. The van der Waals surface area contributed by atoms with Crippen LogP contribution in [0.4, 0.5) is 17.1 Å². The highest BCUT2D eigenvalue weighted by atomic mass is 16.3. The van der Waals surface area contributed by atoms with E-state index in [-0.39, 0.29) is 17.4 Å². The number of amides is 1. The quantitative estimate of drug-likeness (QED) is 0.229. The Bertz CT molecular complexity index is 1040. The van der Waals surface area contributed by atoms with Crippen molar-refractivity contribution in [2.24, 2.45) is 0 Å². The van der Waals surface area contributed by atoms with Crippen LogP contribution in [-0.2, 0) is 4.79 Å². The van der Waals surface area contributed by atoms with Crippen molar-refractivity contribution in [2.45, 2.75) is 39.5 Å².